The minimum Gasteiger partial charge on any atom is -0.292 e. The largest absolute Gasteiger partial charge is 0.292 e. The van der Waals surface area contributed by atoms with Gasteiger partial charge in [0.25, 0.3) is 0 Å². The van der Waals surface area contributed by atoms with Crippen molar-refractivity contribution >= 4 is 11.9 Å². The quantitative estimate of drug-likeness (QED) is 0.594. The number of allylic oxidation sites excluding steroid dienone is 2. The first-order valence-corrected chi connectivity index (χ1v) is 4.91. The summed E-state index contributed by atoms with van der Waals surface area (Å²) in [5, 5.41) is 1.99. The predicted octanol–water partition coefficient (Wildman–Crippen LogP) is 0.534. The summed E-state index contributed by atoms with van der Waals surface area (Å²) in [5.41, 5.74) is 0.987. The number of carbonyl (C=O) groups excluding carboxylic acids is 1. The molecule has 0 amide bonds. The predicted molar refractivity (Wildman–Crippen MR) is 57.7 cm³/mol. The van der Waals surface area contributed by atoms with Crippen LogP contribution in [0.2, 0.25) is 0 Å². The molecule has 1 atom stereocenters. The fourth-order valence-corrected chi connectivity index (χ4v) is 1.91. The molecule has 0 aromatic heterocycles. The van der Waals surface area contributed by atoms with Crippen LogP contribution in [0.3, 0.4) is 0 Å². The summed E-state index contributed by atoms with van der Waals surface area (Å²) in [5.74, 6) is 0.0678. The van der Waals surface area contributed by atoms with Crippen molar-refractivity contribution in [1.29, 1.82) is 0 Å². The Balaban J connectivity index is 2.32. The van der Waals surface area contributed by atoms with Crippen molar-refractivity contribution in [3.8, 4) is 0 Å². The maximum atomic E-state index is 11.6. The molecule has 1 aromatic rings. The molecule has 1 unspecified atom stereocenters. The van der Waals surface area contributed by atoms with E-state index < -0.39 is 0 Å². The highest BCUT2D eigenvalue weighted by molar-refractivity contribution is 6.00. The third-order valence-electron chi connectivity index (χ3n) is 2.66. The molecule has 2 aliphatic rings. The molecule has 1 aromatic carbocycles. The molecule has 0 bridgehead atoms. The summed E-state index contributed by atoms with van der Waals surface area (Å²) in [6.07, 6.45) is 7.35. The van der Waals surface area contributed by atoms with E-state index in [0.717, 1.165) is 16.1 Å². The van der Waals surface area contributed by atoms with Crippen LogP contribution in [0.15, 0.2) is 53.1 Å². The number of rotatable bonds is 0. The monoisotopic (exact) mass is 195 g/mol. The molecule has 0 fully saturated rings. The molecule has 0 spiro atoms. The van der Waals surface area contributed by atoms with Gasteiger partial charge in [-0.05, 0) is 23.8 Å². The minimum absolute atomic E-state index is 0.0678. The normalized spacial score (nSPS) is 22.0. The summed E-state index contributed by atoms with van der Waals surface area (Å²) < 4.78 is 0. The molecule has 1 aliphatic heterocycles. The molecular weight excluding hydrogens is 186 g/mol. The third-order valence-corrected chi connectivity index (χ3v) is 2.66. The zero-order valence-electron chi connectivity index (χ0n) is 8.05. The molecule has 0 saturated heterocycles. The highest BCUT2D eigenvalue weighted by atomic mass is 16.1. The van der Waals surface area contributed by atoms with Crippen LogP contribution >= 0.6 is 0 Å². The van der Waals surface area contributed by atoms with E-state index in [1.165, 1.54) is 0 Å². The number of para-hydroxylation sites is 1. The van der Waals surface area contributed by atoms with Crippen LogP contribution in [0.4, 0.5) is 0 Å². The van der Waals surface area contributed by atoms with E-state index in [9.17, 15) is 4.79 Å². The molecule has 1 heterocycles. The number of hydrogen-bond acceptors (Lipinski definition) is 2. The van der Waals surface area contributed by atoms with Crippen molar-refractivity contribution < 1.29 is 4.79 Å². The van der Waals surface area contributed by atoms with Gasteiger partial charge in [-0.2, -0.15) is 0 Å². The van der Waals surface area contributed by atoms with Gasteiger partial charge in [-0.15, -0.1) is 0 Å². The number of fused-ring (bicyclic) bond motifs is 2. The zero-order valence-corrected chi connectivity index (χ0v) is 8.05. The first-order valence-electron chi connectivity index (χ1n) is 4.91. The van der Waals surface area contributed by atoms with Crippen LogP contribution in [-0.2, 0) is 4.79 Å². The Labute approximate surface area is 87.0 Å². The minimum atomic E-state index is -0.315. The van der Waals surface area contributed by atoms with Gasteiger partial charge in [-0.1, -0.05) is 30.4 Å². The third kappa shape index (κ3) is 1.26. The summed E-state index contributed by atoms with van der Waals surface area (Å²) in [7, 11) is 0. The van der Waals surface area contributed by atoms with E-state index in [4.69, 9.17) is 0 Å². The summed E-state index contributed by atoms with van der Waals surface area (Å²) >= 11 is 0. The van der Waals surface area contributed by atoms with Crippen LogP contribution in [0.25, 0.3) is 6.08 Å². The lowest BCUT2D eigenvalue weighted by molar-refractivity contribution is -0.115. The Morgan fingerprint density at radius 1 is 1.20 bits per heavy atom. The molecule has 0 saturated carbocycles. The second kappa shape index (κ2) is 3.02. The Bertz CT molecular complexity index is 608. The number of ketones is 1. The first kappa shape index (κ1) is 8.36. The standard InChI is InChI=1S/C13H9NO/c15-12-7-3-5-10-8-9-4-1-2-6-11(9)14-13(10)12/h1-8,13H. The molecule has 2 nitrogen and oxygen atoms in total. The SMILES string of the molecule is O=C1C=CC=C2C=c3ccccc3=NC12. The number of carbonyl (C=O) groups is 1. The fraction of sp³-hybridized carbons (Fsp3) is 0.0769. The maximum Gasteiger partial charge on any atom is 0.184 e. The van der Waals surface area contributed by atoms with E-state index in [2.05, 4.69) is 4.99 Å². The first-order chi connectivity index (χ1) is 7.34. The highest BCUT2D eigenvalue weighted by Crippen LogP contribution is 2.15. The molecule has 0 N–H and O–H groups in total. The van der Waals surface area contributed by atoms with Crippen molar-refractivity contribution in [2.24, 2.45) is 4.99 Å². The van der Waals surface area contributed by atoms with Crippen molar-refractivity contribution in [3.05, 3.63) is 58.6 Å². The van der Waals surface area contributed by atoms with Gasteiger partial charge in [-0.3, -0.25) is 9.79 Å². The lowest BCUT2D eigenvalue weighted by atomic mass is 9.95. The topological polar surface area (TPSA) is 29.4 Å². The van der Waals surface area contributed by atoms with Gasteiger partial charge in [0.15, 0.2) is 5.78 Å². The summed E-state index contributed by atoms with van der Waals surface area (Å²) in [4.78, 5) is 16.0. The lowest BCUT2D eigenvalue weighted by Gasteiger charge is -2.16. The summed E-state index contributed by atoms with van der Waals surface area (Å²) in [6.45, 7) is 0. The van der Waals surface area contributed by atoms with Crippen LogP contribution in [0.1, 0.15) is 0 Å². The Morgan fingerprint density at radius 3 is 3.00 bits per heavy atom. The molecule has 15 heavy (non-hydrogen) atoms. The van der Waals surface area contributed by atoms with Crippen LogP contribution in [0.5, 0.6) is 0 Å². The van der Waals surface area contributed by atoms with Gasteiger partial charge in [0.1, 0.15) is 6.04 Å². The number of benzene rings is 1. The summed E-state index contributed by atoms with van der Waals surface area (Å²) in [6, 6.07) is 7.55. The fourth-order valence-electron chi connectivity index (χ4n) is 1.91. The maximum absolute atomic E-state index is 11.6. The van der Waals surface area contributed by atoms with Crippen molar-refractivity contribution in [1.82, 2.24) is 0 Å². The number of nitrogens with zero attached hydrogens (tertiary/aromatic N) is 1. The van der Waals surface area contributed by atoms with Gasteiger partial charge in [0.05, 0.1) is 5.36 Å². The van der Waals surface area contributed by atoms with Crippen LogP contribution in [0, 0.1) is 0 Å². The van der Waals surface area contributed by atoms with E-state index in [1.807, 2.05) is 36.4 Å². The average molecular weight is 195 g/mol. The smallest absolute Gasteiger partial charge is 0.184 e. The molecule has 72 valence electrons. The van der Waals surface area contributed by atoms with Gasteiger partial charge in [-0.25, -0.2) is 0 Å². The molecule has 3 rings (SSSR count). The van der Waals surface area contributed by atoms with Gasteiger partial charge < -0.3 is 0 Å². The van der Waals surface area contributed by atoms with Crippen molar-refractivity contribution in [2.75, 3.05) is 0 Å². The van der Waals surface area contributed by atoms with Gasteiger partial charge >= 0.3 is 0 Å². The molecule has 0 radical (unpaired) electrons. The number of hydrogen-bond donors (Lipinski definition) is 0. The lowest BCUT2D eigenvalue weighted by Crippen LogP contribution is -2.35. The Kier molecular flexibility index (Phi) is 1.68. The van der Waals surface area contributed by atoms with Crippen molar-refractivity contribution in [2.45, 2.75) is 6.04 Å². The van der Waals surface area contributed by atoms with Crippen LogP contribution < -0.4 is 10.6 Å². The van der Waals surface area contributed by atoms with Crippen LogP contribution in [-0.4, -0.2) is 11.8 Å². The highest BCUT2D eigenvalue weighted by Gasteiger charge is 2.22. The molecule has 2 heteroatoms. The van der Waals surface area contributed by atoms with Crippen molar-refractivity contribution in [3.63, 3.8) is 0 Å². The van der Waals surface area contributed by atoms with E-state index in [-0.39, 0.29) is 11.8 Å². The zero-order chi connectivity index (χ0) is 10.3. The van der Waals surface area contributed by atoms with Gasteiger partial charge in [0.2, 0.25) is 0 Å². The Hall–Kier alpha value is -1.96. The molecular formula is C13H9NO. The average Bonchev–Trinajstić information content (AvgIpc) is 2.27. The second-order valence-electron chi connectivity index (χ2n) is 3.66. The second-order valence-corrected chi connectivity index (χ2v) is 3.66. The van der Waals surface area contributed by atoms with Gasteiger partial charge in [0, 0.05) is 5.22 Å². The van der Waals surface area contributed by atoms with E-state index in [1.54, 1.807) is 12.2 Å². The van der Waals surface area contributed by atoms with E-state index >= 15 is 0 Å². The molecule has 1 aliphatic carbocycles. The van der Waals surface area contributed by atoms with E-state index in [0.29, 0.717) is 0 Å². The Morgan fingerprint density at radius 2 is 2.07 bits per heavy atom.